The second kappa shape index (κ2) is 14.1. The number of hydrogen-bond acceptors (Lipinski definition) is 8. The largest absolute Gasteiger partial charge is 0.463 e. The topological polar surface area (TPSA) is 111 Å². The summed E-state index contributed by atoms with van der Waals surface area (Å²) < 4.78 is 15.6. The lowest BCUT2D eigenvalue weighted by Crippen LogP contribution is -2.49. The quantitative estimate of drug-likeness (QED) is 0.242. The summed E-state index contributed by atoms with van der Waals surface area (Å²) in [6.07, 6.45) is 1.87. The molecule has 0 aliphatic rings. The Morgan fingerprint density at radius 3 is 2.09 bits per heavy atom. The second-order valence-electron chi connectivity index (χ2n) is 10.2. The number of carbonyl (C=O) groups is 3. The van der Waals surface area contributed by atoms with Gasteiger partial charge in [-0.05, 0) is 67.1 Å². The van der Waals surface area contributed by atoms with Gasteiger partial charge in [0, 0.05) is 17.9 Å². The highest BCUT2D eigenvalue weighted by atomic mass is 32.2. The van der Waals surface area contributed by atoms with E-state index in [1.54, 1.807) is 20.8 Å². The first-order valence-corrected chi connectivity index (χ1v) is 12.9. The van der Waals surface area contributed by atoms with Crippen LogP contribution < -0.4 is 5.32 Å². The van der Waals surface area contributed by atoms with Gasteiger partial charge in [0.1, 0.15) is 13.2 Å². The first-order valence-electron chi connectivity index (χ1n) is 11.6. The minimum Gasteiger partial charge on any atom is -0.463 e. The average Bonchev–Trinajstić information content (AvgIpc) is 2.75. The highest BCUT2D eigenvalue weighted by Crippen LogP contribution is 2.38. The van der Waals surface area contributed by atoms with E-state index in [0.29, 0.717) is 6.42 Å². The van der Waals surface area contributed by atoms with Gasteiger partial charge in [-0.3, -0.25) is 14.4 Å². The van der Waals surface area contributed by atoms with E-state index >= 15 is 0 Å². The standard InChI is InChI=1S/C25H45NO7S/c1-11-25(8,22(30)33-16-17(2)27)15-19(20(28)26-24(6,7)18(3)34-10)14-23(4,5)21(29)32-13-12-31-9/h17,19,27H,3,11-16H2,1-2,4-10H3,(H,26,28). The molecule has 0 spiro atoms. The summed E-state index contributed by atoms with van der Waals surface area (Å²) in [4.78, 5) is 39.9. The van der Waals surface area contributed by atoms with Gasteiger partial charge in [0.25, 0.3) is 0 Å². The molecule has 8 nitrogen and oxygen atoms in total. The Balaban J connectivity index is 5.91. The molecule has 3 unspecified atom stereocenters. The summed E-state index contributed by atoms with van der Waals surface area (Å²) in [5.74, 6) is -1.88. The van der Waals surface area contributed by atoms with Crippen LogP contribution in [0.25, 0.3) is 0 Å². The lowest BCUT2D eigenvalue weighted by atomic mass is 9.72. The van der Waals surface area contributed by atoms with Crippen LogP contribution in [-0.2, 0) is 28.6 Å². The molecule has 0 saturated carbocycles. The Morgan fingerprint density at radius 2 is 1.62 bits per heavy atom. The molecule has 0 aromatic heterocycles. The zero-order valence-corrected chi connectivity index (χ0v) is 23.2. The molecule has 0 aromatic carbocycles. The zero-order valence-electron chi connectivity index (χ0n) is 22.4. The highest BCUT2D eigenvalue weighted by molar-refractivity contribution is 8.02. The summed E-state index contributed by atoms with van der Waals surface area (Å²) in [6, 6.07) is 0. The van der Waals surface area contributed by atoms with Crippen molar-refractivity contribution in [1.82, 2.24) is 5.32 Å². The Bertz CT molecular complexity index is 705. The van der Waals surface area contributed by atoms with Crippen molar-refractivity contribution in [3.05, 3.63) is 11.5 Å². The number of aliphatic hydroxyl groups is 1. The number of methoxy groups -OCH3 is 1. The molecule has 0 radical (unpaired) electrons. The lowest BCUT2D eigenvalue weighted by Gasteiger charge is -2.36. The van der Waals surface area contributed by atoms with E-state index in [9.17, 15) is 19.5 Å². The maximum atomic E-state index is 13.5. The Kier molecular flexibility index (Phi) is 13.4. The molecular formula is C25H45NO7S. The van der Waals surface area contributed by atoms with Crippen LogP contribution in [0.4, 0.5) is 0 Å². The molecular weight excluding hydrogens is 458 g/mol. The molecule has 1 amide bonds. The number of amides is 1. The minimum atomic E-state index is -0.979. The van der Waals surface area contributed by atoms with E-state index in [1.165, 1.54) is 25.8 Å². The van der Waals surface area contributed by atoms with Crippen LogP contribution in [0, 0.1) is 16.7 Å². The maximum absolute atomic E-state index is 13.5. The van der Waals surface area contributed by atoms with E-state index in [1.807, 2.05) is 27.0 Å². The Labute approximate surface area is 209 Å². The van der Waals surface area contributed by atoms with Gasteiger partial charge in [0.2, 0.25) is 5.91 Å². The van der Waals surface area contributed by atoms with Gasteiger partial charge in [-0.25, -0.2) is 0 Å². The highest BCUT2D eigenvalue weighted by Gasteiger charge is 2.43. The third-order valence-corrected chi connectivity index (χ3v) is 7.01. The van der Waals surface area contributed by atoms with Crippen molar-refractivity contribution in [3.8, 4) is 0 Å². The predicted octanol–water partition coefficient (Wildman–Crippen LogP) is 3.71. The number of thioether (sulfide) groups is 1. The molecule has 0 aromatic rings. The minimum absolute atomic E-state index is 0.120. The van der Waals surface area contributed by atoms with Crippen LogP contribution in [0.3, 0.4) is 0 Å². The van der Waals surface area contributed by atoms with E-state index in [0.717, 1.165) is 4.91 Å². The molecule has 9 heteroatoms. The van der Waals surface area contributed by atoms with Gasteiger partial charge in [-0.15, -0.1) is 11.8 Å². The van der Waals surface area contributed by atoms with E-state index in [2.05, 4.69) is 11.9 Å². The number of ether oxygens (including phenoxy) is 3. The first-order chi connectivity index (χ1) is 15.6. The number of nitrogens with one attached hydrogen (secondary N) is 1. The van der Waals surface area contributed by atoms with Crippen LogP contribution in [0.15, 0.2) is 11.5 Å². The molecule has 0 saturated heterocycles. The van der Waals surface area contributed by atoms with E-state index < -0.39 is 40.3 Å². The van der Waals surface area contributed by atoms with Crippen molar-refractivity contribution in [3.63, 3.8) is 0 Å². The van der Waals surface area contributed by atoms with Gasteiger partial charge in [-0.2, -0.15) is 0 Å². The van der Waals surface area contributed by atoms with E-state index in [-0.39, 0.29) is 38.6 Å². The summed E-state index contributed by atoms with van der Waals surface area (Å²) in [5, 5.41) is 12.5. The third kappa shape index (κ3) is 10.4. The summed E-state index contributed by atoms with van der Waals surface area (Å²) >= 11 is 1.45. The molecule has 3 atom stereocenters. The van der Waals surface area contributed by atoms with Crippen LogP contribution in [0.5, 0.6) is 0 Å². The SMILES string of the molecule is C=C(SC)C(C)(C)NC(=O)C(CC(C)(C)C(=O)OCCOC)CC(C)(CC)C(=O)OCC(C)O. The smallest absolute Gasteiger partial charge is 0.311 e. The van der Waals surface area contributed by atoms with Crippen molar-refractivity contribution in [1.29, 1.82) is 0 Å². The molecule has 2 N–H and O–H groups in total. The predicted molar refractivity (Wildman–Crippen MR) is 135 cm³/mol. The Morgan fingerprint density at radius 1 is 1.03 bits per heavy atom. The molecule has 34 heavy (non-hydrogen) atoms. The summed E-state index contributed by atoms with van der Waals surface area (Å²) in [7, 11) is 1.52. The molecule has 0 rings (SSSR count). The molecule has 0 bridgehead atoms. The van der Waals surface area contributed by atoms with Gasteiger partial charge in [0.15, 0.2) is 0 Å². The molecule has 0 heterocycles. The van der Waals surface area contributed by atoms with Gasteiger partial charge >= 0.3 is 11.9 Å². The fraction of sp³-hybridized carbons (Fsp3) is 0.800. The number of aliphatic hydroxyl groups excluding tert-OH is 1. The van der Waals surface area contributed by atoms with Crippen molar-refractivity contribution in [2.24, 2.45) is 16.7 Å². The van der Waals surface area contributed by atoms with Gasteiger partial charge in [-0.1, -0.05) is 13.5 Å². The fourth-order valence-corrected chi connectivity index (χ4v) is 3.95. The first kappa shape index (κ1) is 32.4. The van der Waals surface area contributed by atoms with E-state index in [4.69, 9.17) is 14.2 Å². The average molecular weight is 504 g/mol. The monoisotopic (exact) mass is 503 g/mol. The summed E-state index contributed by atoms with van der Waals surface area (Å²) in [5.41, 5.74) is -2.64. The van der Waals surface area contributed by atoms with Crippen molar-refractivity contribution in [2.75, 3.05) is 33.2 Å². The number of rotatable bonds is 16. The summed E-state index contributed by atoms with van der Waals surface area (Å²) in [6.45, 7) is 16.6. The molecule has 0 fully saturated rings. The van der Waals surface area contributed by atoms with Crippen molar-refractivity contribution in [2.45, 2.75) is 79.4 Å². The van der Waals surface area contributed by atoms with Crippen LogP contribution >= 0.6 is 11.8 Å². The van der Waals surface area contributed by atoms with Gasteiger partial charge < -0.3 is 24.6 Å². The van der Waals surface area contributed by atoms with Crippen molar-refractivity contribution < 1.29 is 33.7 Å². The fourth-order valence-electron chi connectivity index (χ4n) is 3.39. The second-order valence-corrected chi connectivity index (χ2v) is 11.1. The normalized spacial score (nSPS) is 15.6. The van der Waals surface area contributed by atoms with Crippen LogP contribution in [0.1, 0.15) is 67.7 Å². The molecule has 0 aliphatic heterocycles. The number of carbonyl (C=O) groups excluding carboxylic acids is 3. The van der Waals surface area contributed by atoms with Crippen molar-refractivity contribution >= 4 is 29.6 Å². The van der Waals surface area contributed by atoms with Gasteiger partial charge in [0.05, 0.1) is 29.1 Å². The number of esters is 2. The molecule has 198 valence electrons. The Hall–Kier alpha value is -1.58. The van der Waals surface area contributed by atoms with Crippen LogP contribution in [0.2, 0.25) is 0 Å². The number of hydrogen-bond donors (Lipinski definition) is 2. The van der Waals surface area contributed by atoms with Crippen LogP contribution in [-0.4, -0.2) is 67.8 Å². The lowest BCUT2D eigenvalue weighted by molar-refractivity contribution is -0.160. The zero-order chi connectivity index (χ0) is 26.7. The maximum Gasteiger partial charge on any atom is 0.311 e. The molecule has 0 aliphatic carbocycles. The third-order valence-electron chi connectivity index (χ3n) is 6.01.